The van der Waals surface area contributed by atoms with Gasteiger partial charge in [-0.25, -0.2) is 4.98 Å². The molecule has 0 amide bonds. The maximum atomic E-state index is 9.99. The zero-order valence-electron chi connectivity index (χ0n) is 12.8. The highest BCUT2D eigenvalue weighted by Crippen LogP contribution is 2.27. The van der Waals surface area contributed by atoms with Crippen LogP contribution in [-0.4, -0.2) is 38.7 Å². The van der Waals surface area contributed by atoms with Crippen molar-refractivity contribution in [1.82, 2.24) is 14.5 Å². The highest BCUT2D eigenvalue weighted by atomic mass is 16.3. The van der Waals surface area contributed by atoms with Gasteiger partial charge in [-0.05, 0) is 44.5 Å². The van der Waals surface area contributed by atoms with Crippen molar-refractivity contribution in [2.45, 2.75) is 45.4 Å². The van der Waals surface area contributed by atoms with Crippen LogP contribution in [-0.2, 0) is 6.54 Å². The molecule has 0 aliphatic heterocycles. The number of fused-ring (bicyclic) bond motifs is 1. The number of benzene rings is 1. The van der Waals surface area contributed by atoms with E-state index in [1.54, 1.807) is 6.92 Å². The molecule has 1 fully saturated rings. The van der Waals surface area contributed by atoms with Crippen molar-refractivity contribution in [3.8, 4) is 0 Å². The molecule has 1 atom stereocenters. The normalized spacial score (nSPS) is 16.8. The first-order valence-corrected chi connectivity index (χ1v) is 7.78. The molecule has 21 heavy (non-hydrogen) atoms. The molecule has 0 bridgehead atoms. The molecule has 1 aromatic heterocycles. The summed E-state index contributed by atoms with van der Waals surface area (Å²) in [4.78, 5) is 7.06. The number of hydrogen-bond acceptors (Lipinski definition) is 4. The fourth-order valence-electron chi connectivity index (χ4n) is 2.99. The minimum absolute atomic E-state index is 0.574. The number of nitrogen functional groups attached to an aromatic ring is 1. The first-order chi connectivity index (χ1) is 10.1. The van der Waals surface area contributed by atoms with E-state index in [0.717, 1.165) is 42.5 Å². The van der Waals surface area contributed by atoms with E-state index in [-0.39, 0.29) is 0 Å². The lowest BCUT2D eigenvalue weighted by molar-refractivity contribution is 0.181. The van der Waals surface area contributed by atoms with E-state index in [0.29, 0.717) is 5.69 Å². The number of imidazole rings is 1. The van der Waals surface area contributed by atoms with Gasteiger partial charge in [0.05, 0.1) is 11.0 Å². The molecule has 0 radical (unpaired) electrons. The van der Waals surface area contributed by atoms with Gasteiger partial charge in [-0.1, -0.05) is 6.92 Å². The average molecular weight is 288 g/mol. The summed E-state index contributed by atoms with van der Waals surface area (Å²) in [6.45, 7) is 6.90. The molecule has 114 valence electrons. The van der Waals surface area contributed by atoms with Crippen LogP contribution in [0.2, 0.25) is 0 Å². The summed E-state index contributed by atoms with van der Waals surface area (Å²) in [5.74, 6) is 0.724. The van der Waals surface area contributed by atoms with Gasteiger partial charge < -0.3 is 15.4 Å². The number of aliphatic hydroxyl groups excluding tert-OH is 1. The van der Waals surface area contributed by atoms with Crippen molar-refractivity contribution >= 4 is 16.7 Å². The highest BCUT2D eigenvalue weighted by molar-refractivity contribution is 5.79. The van der Waals surface area contributed by atoms with Crippen molar-refractivity contribution in [3.05, 3.63) is 24.0 Å². The Labute approximate surface area is 125 Å². The van der Waals surface area contributed by atoms with Crippen LogP contribution in [0.15, 0.2) is 18.2 Å². The quantitative estimate of drug-likeness (QED) is 0.799. The third-order valence-corrected chi connectivity index (χ3v) is 4.26. The SMILES string of the molecule is CCN(CCn1c(C(C)O)nc2cc(N)ccc21)C1CC1. The van der Waals surface area contributed by atoms with Gasteiger partial charge in [-0.2, -0.15) is 0 Å². The fourth-order valence-corrected chi connectivity index (χ4v) is 2.99. The van der Waals surface area contributed by atoms with Crippen molar-refractivity contribution in [3.63, 3.8) is 0 Å². The Kier molecular flexibility index (Phi) is 3.87. The summed E-state index contributed by atoms with van der Waals surface area (Å²) in [7, 11) is 0. The summed E-state index contributed by atoms with van der Waals surface area (Å²) < 4.78 is 2.13. The monoisotopic (exact) mass is 288 g/mol. The van der Waals surface area contributed by atoms with Crippen molar-refractivity contribution in [2.75, 3.05) is 18.8 Å². The van der Waals surface area contributed by atoms with E-state index in [1.807, 2.05) is 18.2 Å². The summed E-state index contributed by atoms with van der Waals surface area (Å²) in [6, 6.07) is 6.52. The minimum atomic E-state index is -0.574. The smallest absolute Gasteiger partial charge is 0.138 e. The second-order valence-corrected chi connectivity index (χ2v) is 5.91. The Morgan fingerprint density at radius 3 is 2.86 bits per heavy atom. The highest BCUT2D eigenvalue weighted by Gasteiger charge is 2.27. The molecule has 1 aliphatic carbocycles. The summed E-state index contributed by atoms with van der Waals surface area (Å²) in [5.41, 5.74) is 8.45. The van der Waals surface area contributed by atoms with Crippen LogP contribution in [0, 0.1) is 0 Å². The standard InChI is InChI=1S/C16H24N4O/c1-3-19(13-5-6-13)8-9-20-15-7-4-12(17)10-14(15)18-16(20)11(2)21/h4,7,10-11,13,21H,3,5-6,8-9,17H2,1-2H3. The zero-order valence-corrected chi connectivity index (χ0v) is 12.8. The van der Waals surface area contributed by atoms with Gasteiger partial charge in [0.1, 0.15) is 11.9 Å². The number of aromatic nitrogens is 2. The lowest BCUT2D eigenvalue weighted by atomic mass is 10.3. The van der Waals surface area contributed by atoms with Crippen LogP contribution in [0.25, 0.3) is 11.0 Å². The lowest BCUT2D eigenvalue weighted by Gasteiger charge is -2.21. The van der Waals surface area contributed by atoms with Gasteiger partial charge in [0.25, 0.3) is 0 Å². The zero-order chi connectivity index (χ0) is 15.0. The van der Waals surface area contributed by atoms with Crippen LogP contribution in [0.4, 0.5) is 5.69 Å². The third kappa shape index (κ3) is 2.89. The molecule has 1 saturated carbocycles. The van der Waals surface area contributed by atoms with Crippen molar-refractivity contribution in [1.29, 1.82) is 0 Å². The Bertz CT molecular complexity index is 630. The molecule has 1 unspecified atom stereocenters. The van der Waals surface area contributed by atoms with Crippen molar-refractivity contribution < 1.29 is 5.11 Å². The number of likely N-dealkylation sites (N-methyl/N-ethyl adjacent to an activating group) is 1. The number of aliphatic hydroxyl groups is 1. The lowest BCUT2D eigenvalue weighted by Crippen LogP contribution is -2.30. The number of rotatable bonds is 6. The molecule has 5 heteroatoms. The second-order valence-electron chi connectivity index (χ2n) is 5.91. The number of hydrogen-bond donors (Lipinski definition) is 2. The predicted octanol–water partition coefficient (Wildman–Crippen LogP) is 2.16. The summed E-state index contributed by atoms with van der Waals surface area (Å²) in [6.07, 6.45) is 2.06. The van der Waals surface area contributed by atoms with Crippen LogP contribution in [0.5, 0.6) is 0 Å². The van der Waals surface area contributed by atoms with Gasteiger partial charge in [-0.15, -0.1) is 0 Å². The number of anilines is 1. The Morgan fingerprint density at radius 1 is 1.48 bits per heavy atom. The molecular formula is C16H24N4O. The third-order valence-electron chi connectivity index (χ3n) is 4.26. The minimum Gasteiger partial charge on any atom is -0.399 e. The fraction of sp³-hybridized carbons (Fsp3) is 0.562. The largest absolute Gasteiger partial charge is 0.399 e. The molecule has 5 nitrogen and oxygen atoms in total. The topological polar surface area (TPSA) is 67.3 Å². The Balaban J connectivity index is 1.89. The van der Waals surface area contributed by atoms with Gasteiger partial charge in [0, 0.05) is 24.8 Å². The number of nitrogens with two attached hydrogens (primary N) is 1. The van der Waals surface area contributed by atoms with E-state index in [1.165, 1.54) is 12.8 Å². The first kappa shape index (κ1) is 14.4. The van der Waals surface area contributed by atoms with E-state index >= 15 is 0 Å². The molecule has 1 heterocycles. The second kappa shape index (κ2) is 5.66. The average Bonchev–Trinajstić information content (AvgIpc) is 3.21. The van der Waals surface area contributed by atoms with E-state index in [4.69, 9.17) is 5.73 Å². The van der Waals surface area contributed by atoms with Gasteiger partial charge in [-0.3, -0.25) is 4.90 Å². The molecule has 2 aromatic rings. The van der Waals surface area contributed by atoms with Crippen molar-refractivity contribution in [2.24, 2.45) is 0 Å². The Morgan fingerprint density at radius 2 is 2.24 bits per heavy atom. The molecule has 3 rings (SSSR count). The number of nitrogens with zero attached hydrogens (tertiary/aromatic N) is 3. The van der Waals surface area contributed by atoms with Crippen LogP contribution >= 0.6 is 0 Å². The molecule has 0 spiro atoms. The molecule has 3 N–H and O–H groups in total. The van der Waals surface area contributed by atoms with Crippen LogP contribution in [0.3, 0.4) is 0 Å². The molecular weight excluding hydrogens is 264 g/mol. The Hall–Kier alpha value is -1.59. The predicted molar refractivity (Wildman–Crippen MR) is 85.0 cm³/mol. The van der Waals surface area contributed by atoms with Crippen LogP contribution in [0.1, 0.15) is 38.6 Å². The summed E-state index contributed by atoms with van der Waals surface area (Å²) >= 11 is 0. The van der Waals surface area contributed by atoms with E-state index in [9.17, 15) is 5.11 Å². The summed E-state index contributed by atoms with van der Waals surface area (Å²) in [5, 5.41) is 9.99. The van der Waals surface area contributed by atoms with E-state index in [2.05, 4.69) is 21.4 Å². The molecule has 1 aromatic carbocycles. The first-order valence-electron chi connectivity index (χ1n) is 7.78. The van der Waals surface area contributed by atoms with E-state index < -0.39 is 6.10 Å². The molecule has 0 saturated heterocycles. The van der Waals surface area contributed by atoms with Crippen LogP contribution < -0.4 is 5.73 Å². The molecule has 1 aliphatic rings. The van der Waals surface area contributed by atoms with Gasteiger partial charge in [0.2, 0.25) is 0 Å². The van der Waals surface area contributed by atoms with Gasteiger partial charge >= 0.3 is 0 Å². The van der Waals surface area contributed by atoms with Gasteiger partial charge in [0.15, 0.2) is 0 Å². The maximum Gasteiger partial charge on any atom is 0.138 e. The maximum absolute atomic E-state index is 9.99.